The minimum absolute atomic E-state index is 0.0106. The second-order valence-corrected chi connectivity index (χ2v) is 6.11. The average molecular weight is 342 g/mol. The van der Waals surface area contributed by atoms with E-state index in [-0.39, 0.29) is 5.78 Å². The number of Topliss-reactive ketones (excluding diaryl/α,β-unsaturated/α-hetero) is 1. The SMILES string of the molecule is COc1cccc(/C=C2/C(=O)c3ccccc3O[C@H]2c2ccccc2)c1. The monoisotopic (exact) mass is 342 g/mol. The third kappa shape index (κ3) is 3.00. The summed E-state index contributed by atoms with van der Waals surface area (Å²) in [6.45, 7) is 0. The summed E-state index contributed by atoms with van der Waals surface area (Å²) in [7, 11) is 1.63. The Hall–Kier alpha value is -3.33. The van der Waals surface area contributed by atoms with E-state index in [1.165, 1.54) is 0 Å². The first kappa shape index (κ1) is 16.2. The fraction of sp³-hybridized carbons (Fsp3) is 0.0870. The lowest BCUT2D eigenvalue weighted by Gasteiger charge is -2.28. The second-order valence-electron chi connectivity index (χ2n) is 6.11. The fourth-order valence-electron chi connectivity index (χ4n) is 3.15. The van der Waals surface area contributed by atoms with Crippen LogP contribution in [0.25, 0.3) is 6.08 Å². The number of hydrogen-bond acceptors (Lipinski definition) is 3. The van der Waals surface area contributed by atoms with Gasteiger partial charge in [-0.1, -0.05) is 54.6 Å². The number of hydrogen-bond donors (Lipinski definition) is 0. The van der Waals surface area contributed by atoms with Crippen LogP contribution >= 0.6 is 0 Å². The van der Waals surface area contributed by atoms with Crippen molar-refractivity contribution in [2.45, 2.75) is 6.10 Å². The lowest BCUT2D eigenvalue weighted by molar-refractivity contribution is 0.0963. The van der Waals surface area contributed by atoms with Crippen LogP contribution in [0, 0.1) is 0 Å². The van der Waals surface area contributed by atoms with Crippen LogP contribution < -0.4 is 9.47 Å². The summed E-state index contributed by atoms with van der Waals surface area (Å²) >= 11 is 0. The first-order valence-electron chi connectivity index (χ1n) is 8.47. The van der Waals surface area contributed by atoms with Gasteiger partial charge in [-0.05, 0) is 41.5 Å². The highest BCUT2D eigenvalue weighted by atomic mass is 16.5. The number of fused-ring (bicyclic) bond motifs is 1. The number of carbonyl (C=O) groups is 1. The van der Waals surface area contributed by atoms with E-state index in [0.717, 1.165) is 16.9 Å². The molecule has 1 aliphatic heterocycles. The molecule has 0 saturated heterocycles. The van der Waals surface area contributed by atoms with Crippen molar-refractivity contribution in [1.82, 2.24) is 0 Å². The number of rotatable bonds is 3. The molecule has 0 unspecified atom stereocenters. The number of para-hydroxylation sites is 1. The Morgan fingerprint density at radius 1 is 0.923 bits per heavy atom. The normalized spacial score (nSPS) is 17.5. The predicted molar refractivity (Wildman–Crippen MR) is 102 cm³/mol. The van der Waals surface area contributed by atoms with Crippen molar-refractivity contribution < 1.29 is 14.3 Å². The maximum Gasteiger partial charge on any atom is 0.196 e. The van der Waals surface area contributed by atoms with E-state index < -0.39 is 6.10 Å². The lowest BCUT2D eigenvalue weighted by atomic mass is 9.89. The molecule has 128 valence electrons. The minimum Gasteiger partial charge on any atom is -0.497 e. The number of methoxy groups -OCH3 is 1. The van der Waals surface area contributed by atoms with E-state index in [1.807, 2.05) is 78.9 Å². The maximum atomic E-state index is 13.2. The smallest absolute Gasteiger partial charge is 0.196 e. The van der Waals surface area contributed by atoms with Crippen molar-refractivity contribution in [2.24, 2.45) is 0 Å². The number of ether oxygens (including phenoxy) is 2. The molecule has 0 saturated carbocycles. The highest BCUT2D eigenvalue weighted by Gasteiger charge is 2.32. The molecule has 0 N–H and O–H groups in total. The van der Waals surface area contributed by atoms with Crippen LogP contribution in [0.4, 0.5) is 0 Å². The topological polar surface area (TPSA) is 35.5 Å². The standard InChI is InChI=1S/C23H18O3/c1-25-18-11-7-8-16(14-18)15-20-22(24)19-12-5-6-13-21(19)26-23(20)17-9-3-2-4-10-17/h2-15,23H,1H3/b20-15-/t23-/m0/s1. The van der Waals surface area contributed by atoms with Crippen LogP contribution in [-0.2, 0) is 0 Å². The molecule has 4 rings (SSSR count). The summed E-state index contributed by atoms with van der Waals surface area (Å²) in [5.74, 6) is 1.36. The van der Waals surface area contributed by atoms with E-state index in [2.05, 4.69) is 0 Å². The molecule has 0 amide bonds. The Balaban J connectivity index is 1.85. The summed E-state index contributed by atoms with van der Waals surface area (Å²) in [4.78, 5) is 13.2. The molecule has 0 spiro atoms. The summed E-state index contributed by atoms with van der Waals surface area (Å²) in [5, 5.41) is 0. The van der Waals surface area contributed by atoms with Crippen molar-refractivity contribution >= 4 is 11.9 Å². The van der Waals surface area contributed by atoms with Crippen LogP contribution in [0.2, 0.25) is 0 Å². The molecule has 0 radical (unpaired) electrons. The van der Waals surface area contributed by atoms with Crippen LogP contribution in [0.5, 0.6) is 11.5 Å². The molecule has 1 atom stereocenters. The first-order valence-corrected chi connectivity index (χ1v) is 8.47. The molecule has 3 nitrogen and oxygen atoms in total. The Bertz CT molecular complexity index is 974. The molecule has 1 heterocycles. The summed E-state index contributed by atoms with van der Waals surface area (Å²) in [5.41, 5.74) is 3.05. The molecule has 0 aliphatic carbocycles. The largest absolute Gasteiger partial charge is 0.497 e. The van der Waals surface area contributed by atoms with Gasteiger partial charge in [-0.25, -0.2) is 0 Å². The van der Waals surface area contributed by atoms with Crippen molar-refractivity contribution in [3.63, 3.8) is 0 Å². The van der Waals surface area contributed by atoms with Crippen LogP contribution in [0.15, 0.2) is 84.4 Å². The molecular weight excluding hydrogens is 324 g/mol. The summed E-state index contributed by atoms with van der Waals surface area (Å²) in [6.07, 6.45) is 1.45. The molecule has 26 heavy (non-hydrogen) atoms. The average Bonchev–Trinajstić information content (AvgIpc) is 2.71. The molecular formula is C23H18O3. The van der Waals surface area contributed by atoms with Gasteiger partial charge in [0.15, 0.2) is 11.9 Å². The van der Waals surface area contributed by atoms with Gasteiger partial charge >= 0.3 is 0 Å². The minimum atomic E-state index is -0.440. The third-order valence-corrected chi connectivity index (χ3v) is 4.44. The highest BCUT2D eigenvalue weighted by molar-refractivity contribution is 6.14. The number of benzene rings is 3. The van der Waals surface area contributed by atoms with Crippen LogP contribution in [0.3, 0.4) is 0 Å². The van der Waals surface area contributed by atoms with Gasteiger partial charge in [0.2, 0.25) is 0 Å². The molecule has 3 aromatic carbocycles. The highest BCUT2D eigenvalue weighted by Crippen LogP contribution is 2.39. The van der Waals surface area contributed by atoms with Gasteiger partial charge < -0.3 is 9.47 Å². The number of carbonyl (C=O) groups excluding carboxylic acids is 1. The van der Waals surface area contributed by atoms with E-state index in [0.29, 0.717) is 16.9 Å². The maximum absolute atomic E-state index is 13.2. The van der Waals surface area contributed by atoms with Gasteiger partial charge in [-0.3, -0.25) is 4.79 Å². The number of ketones is 1. The molecule has 0 aromatic heterocycles. The van der Waals surface area contributed by atoms with Crippen molar-refractivity contribution in [3.05, 3.63) is 101 Å². The van der Waals surface area contributed by atoms with E-state index in [4.69, 9.17) is 9.47 Å². The zero-order valence-electron chi connectivity index (χ0n) is 14.4. The Morgan fingerprint density at radius 2 is 1.69 bits per heavy atom. The Morgan fingerprint density at radius 3 is 2.50 bits per heavy atom. The van der Waals surface area contributed by atoms with Gasteiger partial charge in [0, 0.05) is 5.57 Å². The first-order chi connectivity index (χ1) is 12.8. The van der Waals surface area contributed by atoms with Crippen molar-refractivity contribution in [2.75, 3.05) is 7.11 Å². The van der Waals surface area contributed by atoms with Crippen LogP contribution in [0.1, 0.15) is 27.6 Å². The lowest BCUT2D eigenvalue weighted by Crippen LogP contribution is -2.23. The van der Waals surface area contributed by atoms with E-state index >= 15 is 0 Å². The third-order valence-electron chi connectivity index (χ3n) is 4.44. The van der Waals surface area contributed by atoms with E-state index in [9.17, 15) is 4.79 Å². The molecule has 3 heteroatoms. The van der Waals surface area contributed by atoms with Crippen LogP contribution in [-0.4, -0.2) is 12.9 Å². The molecule has 0 bridgehead atoms. The molecule has 0 fully saturated rings. The predicted octanol–water partition coefficient (Wildman–Crippen LogP) is 5.10. The van der Waals surface area contributed by atoms with Gasteiger partial charge in [0.05, 0.1) is 12.7 Å². The molecule has 3 aromatic rings. The summed E-state index contributed by atoms with van der Waals surface area (Å²) in [6, 6.07) is 24.8. The molecule has 1 aliphatic rings. The Labute approximate surface area is 152 Å². The zero-order chi connectivity index (χ0) is 17.9. The summed E-state index contributed by atoms with van der Waals surface area (Å²) < 4.78 is 11.5. The van der Waals surface area contributed by atoms with Gasteiger partial charge in [0.25, 0.3) is 0 Å². The quantitative estimate of drug-likeness (QED) is 0.622. The Kier molecular flexibility index (Phi) is 4.28. The van der Waals surface area contributed by atoms with Gasteiger partial charge in [-0.15, -0.1) is 0 Å². The van der Waals surface area contributed by atoms with Crippen molar-refractivity contribution in [3.8, 4) is 11.5 Å². The van der Waals surface area contributed by atoms with E-state index in [1.54, 1.807) is 13.2 Å². The van der Waals surface area contributed by atoms with Crippen molar-refractivity contribution in [1.29, 1.82) is 0 Å². The fourth-order valence-corrected chi connectivity index (χ4v) is 3.15. The second kappa shape index (κ2) is 6.89. The van der Waals surface area contributed by atoms with Gasteiger partial charge in [0.1, 0.15) is 11.5 Å². The zero-order valence-corrected chi connectivity index (χ0v) is 14.4. The van der Waals surface area contributed by atoms with Gasteiger partial charge in [-0.2, -0.15) is 0 Å².